The van der Waals surface area contributed by atoms with Gasteiger partial charge in [0, 0.05) is 25.2 Å². The Balaban J connectivity index is 4.43. The van der Waals surface area contributed by atoms with Gasteiger partial charge in [0.25, 0.3) is 0 Å². The van der Waals surface area contributed by atoms with Crippen LogP contribution in [-0.2, 0) is 9.59 Å². The number of carbonyl (C=O) groups is 2. The van der Waals surface area contributed by atoms with E-state index in [0.29, 0.717) is 11.4 Å². The molecule has 0 aromatic rings. The van der Waals surface area contributed by atoms with Gasteiger partial charge < -0.3 is 10.6 Å². The van der Waals surface area contributed by atoms with E-state index in [4.69, 9.17) is 0 Å². The number of hydrogen-bond donors (Lipinski definition) is 2. The van der Waals surface area contributed by atoms with Gasteiger partial charge in [-0.05, 0) is 19.9 Å². The second kappa shape index (κ2) is 5.96. The van der Waals surface area contributed by atoms with Gasteiger partial charge in [0.15, 0.2) is 0 Å². The van der Waals surface area contributed by atoms with E-state index in [-0.39, 0.29) is 11.8 Å². The van der Waals surface area contributed by atoms with Crippen LogP contribution in [0.1, 0.15) is 27.7 Å². The van der Waals surface area contributed by atoms with E-state index < -0.39 is 0 Å². The fourth-order valence-electron chi connectivity index (χ4n) is 0.942. The van der Waals surface area contributed by atoms with Crippen LogP contribution in [0.15, 0.2) is 23.5 Å². The summed E-state index contributed by atoms with van der Waals surface area (Å²) >= 11 is 0. The van der Waals surface area contributed by atoms with E-state index in [1.165, 1.54) is 13.8 Å². The maximum atomic E-state index is 10.7. The number of carbonyl (C=O) groups excluding carboxylic acids is 2. The van der Waals surface area contributed by atoms with Crippen LogP contribution in [0.3, 0.4) is 0 Å². The molecule has 0 spiro atoms. The Morgan fingerprint density at radius 1 is 1.00 bits per heavy atom. The molecule has 14 heavy (non-hydrogen) atoms. The second-order valence-corrected chi connectivity index (χ2v) is 2.93. The van der Waals surface area contributed by atoms with Crippen molar-refractivity contribution in [3.8, 4) is 0 Å². The van der Waals surface area contributed by atoms with E-state index in [2.05, 4.69) is 10.6 Å². The molecule has 4 heteroatoms. The van der Waals surface area contributed by atoms with Gasteiger partial charge in [-0.15, -0.1) is 0 Å². The smallest absolute Gasteiger partial charge is 0.221 e. The summed E-state index contributed by atoms with van der Waals surface area (Å²) in [6.45, 7) is 6.44. The molecular formula is C10H16N2O2. The molecule has 0 aromatic carbocycles. The molecule has 0 bridgehead atoms. The molecule has 0 saturated carbocycles. The Morgan fingerprint density at radius 2 is 1.50 bits per heavy atom. The minimum atomic E-state index is -0.134. The zero-order chi connectivity index (χ0) is 11.1. The van der Waals surface area contributed by atoms with Gasteiger partial charge in [-0.25, -0.2) is 0 Å². The van der Waals surface area contributed by atoms with Crippen molar-refractivity contribution in [2.45, 2.75) is 27.7 Å². The highest BCUT2D eigenvalue weighted by Crippen LogP contribution is 1.96. The maximum absolute atomic E-state index is 10.7. The van der Waals surface area contributed by atoms with Crippen molar-refractivity contribution >= 4 is 11.8 Å². The van der Waals surface area contributed by atoms with Gasteiger partial charge in [-0.1, -0.05) is 6.08 Å². The minimum Gasteiger partial charge on any atom is -0.330 e. The molecule has 2 amide bonds. The summed E-state index contributed by atoms with van der Waals surface area (Å²) in [5.74, 6) is -0.262. The predicted octanol–water partition coefficient (Wildman–Crippen LogP) is 1.07. The predicted molar refractivity (Wildman–Crippen MR) is 55.1 cm³/mol. The van der Waals surface area contributed by atoms with E-state index in [9.17, 15) is 9.59 Å². The van der Waals surface area contributed by atoms with E-state index >= 15 is 0 Å². The number of amides is 2. The van der Waals surface area contributed by atoms with E-state index in [1.807, 2.05) is 6.92 Å². The number of nitrogens with one attached hydrogen (secondary N) is 2. The summed E-state index contributed by atoms with van der Waals surface area (Å²) < 4.78 is 0. The third-order valence-corrected chi connectivity index (χ3v) is 1.38. The van der Waals surface area contributed by atoms with Crippen LogP contribution in [0.4, 0.5) is 0 Å². The lowest BCUT2D eigenvalue weighted by Gasteiger charge is -2.05. The third kappa shape index (κ3) is 5.99. The lowest BCUT2D eigenvalue weighted by atomic mass is 10.3. The van der Waals surface area contributed by atoms with Crippen molar-refractivity contribution < 1.29 is 9.59 Å². The van der Waals surface area contributed by atoms with Gasteiger partial charge in [-0.3, -0.25) is 9.59 Å². The molecule has 0 aliphatic rings. The molecule has 2 N–H and O–H groups in total. The number of hydrogen-bond acceptors (Lipinski definition) is 2. The normalized spacial score (nSPS) is 12.3. The fourth-order valence-corrected chi connectivity index (χ4v) is 0.942. The topological polar surface area (TPSA) is 58.2 Å². The van der Waals surface area contributed by atoms with Crippen LogP contribution in [0.25, 0.3) is 0 Å². The van der Waals surface area contributed by atoms with Crippen molar-refractivity contribution in [1.29, 1.82) is 0 Å². The molecule has 78 valence electrons. The van der Waals surface area contributed by atoms with Crippen LogP contribution in [-0.4, -0.2) is 11.8 Å². The second-order valence-electron chi connectivity index (χ2n) is 2.93. The largest absolute Gasteiger partial charge is 0.330 e. The van der Waals surface area contributed by atoms with Crippen molar-refractivity contribution in [3.05, 3.63) is 23.5 Å². The molecule has 0 saturated heterocycles. The highest BCUT2D eigenvalue weighted by atomic mass is 16.2. The highest BCUT2D eigenvalue weighted by molar-refractivity contribution is 5.76. The molecule has 0 aromatic heterocycles. The van der Waals surface area contributed by atoms with Crippen molar-refractivity contribution in [3.63, 3.8) is 0 Å². The number of allylic oxidation sites excluding steroid dienone is 3. The molecule has 0 heterocycles. The molecule has 0 rings (SSSR count). The van der Waals surface area contributed by atoms with Gasteiger partial charge in [-0.2, -0.15) is 0 Å². The number of rotatable bonds is 3. The zero-order valence-corrected chi connectivity index (χ0v) is 8.97. The van der Waals surface area contributed by atoms with Gasteiger partial charge in [0.05, 0.1) is 0 Å². The molecule has 0 aliphatic carbocycles. The minimum absolute atomic E-state index is 0.128. The Hall–Kier alpha value is -1.58. The quantitative estimate of drug-likeness (QED) is 0.663. The van der Waals surface area contributed by atoms with E-state index in [0.717, 1.165) is 0 Å². The summed E-state index contributed by atoms with van der Waals surface area (Å²) in [6.07, 6.45) is 3.45. The summed E-state index contributed by atoms with van der Waals surface area (Å²) in [7, 11) is 0. The average Bonchev–Trinajstić information content (AvgIpc) is 2.00. The first kappa shape index (κ1) is 12.4. The van der Waals surface area contributed by atoms with Crippen molar-refractivity contribution in [2.75, 3.05) is 0 Å². The van der Waals surface area contributed by atoms with Crippen LogP contribution < -0.4 is 10.6 Å². The molecule has 0 atom stereocenters. The standard InChI is InChI=1S/C10H16N2O2/c1-5-10(12-9(4)14)6-7(2)11-8(3)13/h5-6H,1-4H3,(H,11,13)(H,12,14)/b7-6+,10-5+. The molecule has 0 radical (unpaired) electrons. The van der Waals surface area contributed by atoms with Crippen LogP contribution in [0.5, 0.6) is 0 Å². The van der Waals surface area contributed by atoms with Crippen LogP contribution in [0.2, 0.25) is 0 Å². The summed E-state index contributed by atoms with van der Waals surface area (Å²) in [5, 5.41) is 5.24. The van der Waals surface area contributed by atoms with Crippen molar-refractivity contribution in [2.24, 2.45) is 0 Å². The van der Waals surface area contributed by atoms with Crippen molar-refractivity contribution in [1.82, 2.24) is 10.6 Å². The average molecular weight is 196 g/mol. The van der Waals surface area contributed by atoms with Gasteiger partial charge in [0.1, 0.15) is 0 Å². The van der Waals surface area contributed by atoms with Crippen LogP contribution in [0, 0.1) is 0 Å². The summed E-state index contributed by atoms with van der Waals surface area (Å²) in [6, 6.07) is 0. The molecule has 4 nitrogen and oxygen atoms in total. The van der Waals surface area contributed by atoms with Gasteiger partial charge >= 0.3 is 0 Å². The van der Waals surface area contributed by atoms with Crippen LogP contribution >= 0.6 is 0 Å². The Kier molecular flexibility index (Phi) is 5.29. The van der Waals surface area contributed by atoms with E-state index in [1.54, 1.807) is 19.1 Å². The first-order valence-electron chi connectivity index (χ1n) is 4.35. The molecule has 0 unspecified atom stereocenters. The van der Waals surface area contributed by atoms with Gasteiger partial charge in [0.2, 0.25) is 11.8 Å². The Morgan fingerprint density at radius 3 is 1.86 bits per heavy atom. The SMILES string of the molecule is C/C=C(\C=C(/C)NC(C)=O)NC(C)=O. The first-order valence-corrected chi connectivity index (χ1v) is 4.35. The lowest BCUT2D eigenvalue weighted by molar-refractivity contribution is -0.119. The monoisotopic (exact) mass is 196 g/mol. The zero-order valence-electron chi connectivity index (χ0n) is 8.97. The molecule has 0 aliphatic heterocycles. The highest BCUT2D eigenvalue weighted by Gasteiger charge is 1.97. The summed E-state index contributed by atoms with van der Waals surface area (Å²) in [4.78, 5) is 21.4. The fraction of sp³-hybridized carbons (Fsp3) is 0.400. The lowest BCUT2D eigenvalue weighted by Crippen LogP contribution is -2.21. The molecule has 0 fully saturated rings. The Bertz CT molecular complexity index is 290. The third-order valence-electron chi connectivity index (χ3n) is 1.38. The summed E-state index contributed by atoms with van der Waals surface area (Å²) in [5.41, 5.74) is 1.36. The maximum Gasteiger partial charge on any atom is 0.221 e. The first-order chi connectivity index (χ1) is 6.45. The molecular weight excluding hydrogens is 180 g/mol. The Labute approximate surface area is 84.1 Å².